The van der Waals surface area contributed by atoms with Crippen LogP contribution >= 0.6 is 23.2 Å². The lowest BCUT2D eigenvalue weighted by Crippen LogP contribution is -2.27. The number of nitriles is 1. The summed E-state index contributed by atoms with van der Waals surface area (Å²) in [5.41, 5.74) is -0.352. The summed E-state index contributed by atoms with van der Waals surface area (Å²) in [5, 5.41) is 20.7. The predicted octanol–water partition coefficient (Wildman–Crippen LogP) is 4.34. The number of methoxy groups -OCH3 is 2. The number of halogens is 2. The number of rotatable bonds is 6. The van der Waals surface area contributed by atoms with Gasteiger partial charge in [0.1, 0.15) is 17.4 Å². The van der Waals surface area contributed by atoms with Crippen LogP contribution in [-0.4, -0.2) is 29.7 Å². The molecule has 3 aromatic rings. The van der Waals surface area contributed by atoms with Crippen LogP contribution in [0.3, 0.4) is 0 Å². The molecule has 0 atom stereocenters. The Labute approximate surface area is 194 Å². The summed E-state index contributed by atoms with van der Waals surface area (Å²) in [6.07, 6.45) is 0. The Morgan fingerprint density at radius 3 is 2.22 bits per heavy atom. The lowest BCUT2D eigenvalue weighted by molar-refractivity contribution is 0.103. The van der Waals surface area contributed by atoms with Gasteiger partial charge in [-0.2, -0.15) is 5.26 Å². The average molecular weight is 473 g/mol. The van der Waals surface area contributed by atoms with Crippen LogP contribution in [0.4, 0.5) is 0 Å². The average Bonchev–Trinajstić information content (AvgIpc) is 2.77. The van der Waals surface area contributed by atoms with Crippen LogP contribution in [0, 0.1) is 18.3 Å². The van der Waals surface area contributed by atoms with Crippen LogP contribution < -0.4 is 15.0 Å². The second kappa shape index (κ2) is 9.35. The highest BCUT2D eigenvalue weighted by molar-refractivity contribution is 6.38. The van der Waals surface area contributed by atoms with Crippen molar-refractivity contribution in [3.05, 3.63) is 84.6 Å². The van der Waals surface area contributed by atoms with Gasteiger partial charge in [0.25, 0.3) is 5.56 Å². The number of benzene rings is 2. The smallest absolute Gasteiger partial charge is 0.271 e. The fraction of sp³-hybridized carbons (Fsp3) is 0.174. The van der Waals surface area contributed by atoms with Crippen LogP contribution in [0.1, 0.15) is 32.6 Å². The highest BCUT2D eigenvalue weighted by atomic mass is 35.5. The number of aromatic hydroxyl groups is 1. The van der Waals surface area contributed by atoms with Crippen molar-refractivity contribution in [1.29, 1.82) is 5.26 Å². The topological polar surface area (TPSA) is 102 Å². The van der Waals surface area contributed by atoms with Crippen LogP contribution in [0.2, 0.25) is 10.0 Å². The fourth-order valence-corrected chi connectivity index (χ4v) is 3.95. The Hall–Kier alpha value is -3.47. The number of hydrogen-bond donors (Lipinski definition) is 1. The van der Waals surface area contributed by atoms with Crippen molar-refractivity contribution in [1.82, 2.24) is 4.57 Å². The number of carbonyl (C=O) groups excluding carboxylic acids is 1. The standard InChI is InChI=1S/C23H18Cl2N2O5/c1-12-16(10-26)22(29)27(11-13-4-6-15(31-2)7-5-13)23(30)19(12)20(28)14-8-17(24)21(32-3)18(25)9-14/h4-9,30H,11H2,1-3H3. The summed E-state index contributed by atoms with van der Waals surface area (Å²) in [4.78, 5) is 26.2. The molecule has 0 unspecified atom stereocenters. The van der Waals surface area contributed by atoms with E-state index in [4.69, 9.17) is 32.7 Å². The summed E-state index contributed by atoms with van der Waals surface area (Å²) in [6.45, 7) is 1.37. The van der Waals surface area contributed by atoms with Crippen molar-refractivity contribution >= 4 is 29.0 Å². The lowest BCUT2D eigenvalue weighted by atomic mass is 9.97. The number of ketones is 1. The van der Waals surface area contributed by atoms with Gasteiger partial charge in [-0.15, -0.1) is 0 Å². The Morgan fingerprint density at radius 1 is 1.12 bits per heavy atom. The van der Waals surface area contributed by atoms with Gasteiger partial charge in [-0.05, 0) is 42.3 Å². The molecule has 1 N–H and O–H groups in total. The van der Waals surface area contributed by atoms with Crippen molar-refractivity contribution in [3.63, 3.8) is 0 Å². The minimum atomic E-state index is -0.708. The Balaban J connectivity index is 2.18. The summed E-state index contributed by atoms with van der Waals surface area (Å²) in [5.74, 6) is -0.383. The highest BCUT2D eigenvalue weighted by Crippen LogP contribution is 2.35. The molecule has 7 nitrogen and oxygen atoms in total. The molecule has 164 valence electrons. The second-order valence-corrected chi connectivity index (χ2v) is 7.67. The molecule has 0 aliphatic rings. The van der Waals surface area contributed by atoms with E-state index >= 15 is 0 Å². The molecule has 0 spiro atoms. The number of nitrogens with zero attached hydrogens (tertiary/aromatic N) is 2. The van der Waals surface area contributed by atoms with E-state index in [0.29, 0.717) is 11.3 Å². The maximum atomic E-state index is 13.3. The summed E-state index contributed by atoms with van der Waals surface area (Å²) >= 11 is 12.3. The molecule has 1 aromatic heterocycles. The van der Waals surface area contributed by atoms with Gasteiger partial charge >= 0.3 is 0 Å². The molecule has 0 saturated heterocycles. The molecule has 0 aliphatic heterocycles. The van der Waals surface area contributed by atoms with Crippen molar-refractivity contribution in [3.8, 4) is 23.4 Å². The molecule has 1 heterocycles. The van der Waals surface area contributed by atoms with E-state index in [2.05, 4.69) is 0 Å². The van der Waals surface area contributed by atoms with E-state index in [9.17, 15) is 20.0 Å². The second-order valence-electron chi connectivity index (χ2n) is 6.85. The normalized spacial score (nSPS) is 10.5. The molecule has 0 bridgehead atoms. The molecule has 0 saturated carbocycles. The zero-order valence-electron chi connectivity index (χ0n) is 17.4. The molecular formula is C23H18Cl2N2O5. The first kappa shape index (κ1) is 23.2. The van der Waals surface area contributed by atoms with E-state index in [1.165, 1.54) is 33.3 Å². The molecule has 0 amide bonds. The van der Waals surface area contributed by atoms with Gasteiger partial charge in [-0.1, -0.05) is 35.3 Å². The summed E-state index contributed by atoms with van der Waals surface area (Å²) in [7, 11) is 2.92. The number of hydrogen-bond acceptors (Lipinski definition) is 6. The Kier molecular flexibility index (Phi) is 6.78. The van der Waals surface area contributed by atoms with E-state index in [0.717, 1.165) is 4.57 Å². The van der Waals surface area contributed by atoms with E-state index in [1.807, 2.05) is 6.07 Å². The zero-order valence-corrected chi connectivity index (χ0v) is 18.9. The predicted molar refractivity (Wildman–Crippen MR) is 120 cm³/mol. The van der Waals surface area contributed by atoms with Gasteiger partial charge in [0, 0.05) is 5.56 Å². The molecule has 32 heavy (non-hydrogen) atoms. The van der Waals surface area contributed by atoms with Gasteiger partial charge in [0.2, 0.25) is 5.88 Å². The Morgan fingerprint density at radius 2 is 1.72 bits per heavy atom. The number of pyridine rings is 1. The van der Waals surface area contributed by atoms with Crippen molar-refractivity contribution in [2.24, 2.45) is 0 Å². The van der Waals surface area contributed by atoms with Gasteiger partial charge in [-0.25, -0.2) is 0 Å². The van der Waals surface area contributed by atoms with Crippen molar-refractivity contribution in [2.45, 2.75) is 13.5 Å². The molecule has 0 aliphatic carbocycles. The molecule has 2 aromatic carbocycles. The van der Waals surface area contributed by atoms with Gasteiger partial charge in [0.15, 0.2) is 11.5 Å². The van der Waals surface area contributed by atoms with Crippen molar-refractivity contribution < 1.29 is 19.4 Å². The van der Waals surface area contributed by atoms with E-state index < -0.39 is 17.2 Å². The van der Waals surface area contributed by atoms with Crippen molar-refractivity contribution in [2.75, 3.05) is 14.2 Å². The lowest BCUT2D eigenvalue weighted by Gasteiger charge is -2.16. The third-order valence-corrected chi connectivity index (χ3v) is 5.55. The van der Waals surface area contributed by atoms with E-state index in [1.54, 1.807) is 24.3 Å². The minimum Gasteiger partial charge on any atom is -0.497 e. The van der Waals surface area contributed by atoms with Crippen LogP contribution in [-0.2, 0) is 6.54 Å². The van der Waals surface area contributed by atoms with Gasteiger partial charge in [0.05, 0.1) is 36.4 Å². The van der Waals surface area contributed by atoms with Crippen LogP contribution in [0.25, 0.3) is 0 Å². The molecular weight excluding hydrogens is 455 g/mol. The maximum Gasteiger partial charge on any atom is 0.271 e. The third-order valence-electron chi connectivity index (χ3n) is 4.99. The fourth-order valence-electron chi connectivity index (χ4n) is 3.31. The first-order valence-electron chi connectivity index (χ1n) is 9.30. The largest absolute Gasteiger partial charge is 0.497 e. The first-order chi connectivity index (χ1) is 15.2. The number of aromatic nitrogens is 1. The quantitative estimate of drug-likeness (QED) is 0.535. The van der Waals surface area contributed by atoms with Crippen LogP contribution in [0.5, 0.6) is 17.4 Å². The first-order valence-corrected chi connectivity index (χ1v) is 10.1. The molecule has 0 fully saturated rings. The van der Waals surface area contributed by atoms with Gasteiger partial charge in [-0.3, -0.25) is 14.2 Å². The third kappa shape index (κ3) is 4.15. The monoisotopic (exact) mass is 472 g/mol. The maximum absolute atomic E-state index is 13.3. The molecule has 3 rings (SSSR count). The number of ether oxygens (including phenoxy) is 2. The molecule has 9 heteroatoms. The SMILES string of the molecule is COc1ccc(Cn2c(O)c(C(=O)c3cc(Cl)c(OC)c(Cl)c3)c(C)c(C#N)c2=O)cc1. The van der Waals surface area contributed by atoms with Gasteiger partial charge < -0.3 is 14.6 Å². The summed E-state index contributed by atoms with van der Waals surface area (Å²) in [6, 6.07) is 11.3. The molecule has 0 radical (unpaired) electrons. The highest BCUT2D eigenvalue weighted by Gasteiger charge is 2.26. The zero-order chi connectivity index (χ0) is 23.6. The van der Waals surface area contributed by atoms with Crippen LogP contribution in [0.15, 0.2) is 41.2 Å². The minimum absolute atomic E-state index is 0.0615. The Bertz CT molecular complexity index is 1280. The number of carbonyl (C=O) groups is 1. The van der Waals surface area contributed by atoms with E-state index in [-0.39, 0.29) is 44.6 Å². The summed E-state index contributed by atoms with van der Waals surface area (Å²) < 4.78 is 11.2.